The van der Waals surface area contributed by atoms with Crippen LogP contribution in [0.15, 0.2) is 18.3 Å². The van der Waals surface area contributed by atoms with Crippen LogP contribution in [0.2, 0.25) is 0 Å². The molecule has 18 heavy (non-hydrogen) atoms. The van der Waals surface area contributed by atoms with Crippen LogP contribution < -0.4 is 5.32 Å². The van der Waals surface area contributed by atoms with Gasteiger partial charge in [-0.2, -0.15) is 0 Å². The van der Waals surface area contributed by atoms with Gasteiger partial charge < -0.3 is 10.1 Å². The average molecular weight is 253 g/mol. The molecule has 0 amide bonds. The van der Waals surface area contributed by atoms with Gasteiger partial charge in [0, 0.05) is 12.1 Å². The molecule has 1 rings (SSSR count). The first-order valence-corrected chi connectivity index (χ1v) is 5.55. The lowest BCUT2D eigenvalue weighted by atomic mass is 10.2. The van der Waals surface area contributed by atoms with Gasteiger partial charge in [-0.05, 0) is 19.9 Å². The van der Waals surface area contributed by atoms with Crippen molar-refractivity contribution in [3.05, 3.63) is 28.4 Å². The molecule has 1 heterocycles. The van der Waals surface area contributed by atoms with Gasteiger partial charge >= 0.3 is 5.97 Å². The Bertz CT molecular complexity index is 419. The Balaban J connectivity index is 2.51. The summed E-state index contributed by atoms with van der Waals surface area (Å²) in [5.41, 5.74) is -0.0707. The summed E-state index contributed by atoms with van der Waals surface area (Å²) in [4.78, 5) is 25.0. The minimum absolute atomic E-state index is 0.0707. The highest BCUT2D eigenvalue weighted by molar-refractivity contribution is 5.70. The maximum absolute atomic E-state index is 11.2. The second-order valence-corrected chi connectivity index (χ2v) is 3.71. The molecule has 0 aliphatic carbocycles. The summed E-state index contributed by atoms with van der Waals surface area (Å²) < 4.78 is 4.81. The first-order valence-electron chi connectivity index (χ1n) is 5.55. The van der Waals surface area contributed by atoms with E-state index >= 15 is 0 Å². The zero-order chi connectivity index (χ0) is 13.5. The predicted octanol–water partition coefficient (Wildman–Crippen LogP) is 1.74. The summed E-state index contributed by atoms with van der Waals surface area (Å²) in [7, 11) is 0. The number of esters is 1. The molecule has 0 saturated heterocycles. The molecule has 0 saturated carbocycles. The molecule has 0 radical (unpaired) electrons. The second-order valence-electron chi connectivity index (χ2n) is 3.71. The van der Waals surface area contributed by atoms with Crippen molar-refractivity contribution in [2.24, 2.45) is 0 Å². The highest BCUT2D eigenvalue weighted by Crippen LogP contribution is 2.13. The Kier molecular flexibility index (Phi) is 5.04. The van der Waals surface area contributed by atoms with Crippen molar-refractivity contribution in [2.75, 3.05) is 11.9 Å². The van der Waals surface area contributed by atoms with E-state index < -0.39 is 4.92 Å². The summed E-state index contributed by atoms with van der Waals surface area (Å²) in [6.07, 6.45) is 1.38. The third-order valence-corrected chi connectivity index (χ3v) is 2.13. The van der Waals surface area contributed by atoms with Crippen molar-refractivity contribution in [3.63, 3.8) is 0 Å². The van der Waals surface area contributed by atoms with E-state index in [-0.39, 0.29) is 24.1 Å². The number of carbonyl (C=O) groups excluding carboxylic acids is 1. The zero-order valence-corrected chi connectivity index (χ0v) is 10.3. The van der Waals surface area contributed by atoms with Gasteiger partial charge in [0.15, 0.2) is 0 Å². The molecule has 1 atom stereocenters. The van der Waals surface area contributed by atoms with Crippen molar-refractivity contribution in [3.8, 4) is 0 Å². The highest BCUT2D eigenvalue weighted by atomic mass is 16.6. The minimum Gasteiger partial charge on any atom is -0.466 e. The van der Waals surface area contributed by atoms with Gasteiger partial charge in [-0.3, -0.25) is 14.9 Å². The summed E-state index contributed by atoms with van der Waals surface area (Å²) in [5.74, 6) is 0.191. The van der Waals surface area contributed by atoms with Crippen molar-refractivity contribution in [2.45, 2.75) is 26.3 Å². The number of hydrogen-bond donors (Lipinski definition) is 1. The summed E-state index contributed by atoms with van der Waals surface area (Å²) >= 11 is 0. The van der Waals surface area contributed by atoms with E-state index in [4.69, 9.17) is 4.74 Å². The normalized spacial score (nSPS) is 11.7. The molecule has 0 fully saturated rings. The topological polar surface area (TPSA) is 94.4 Å². The fourth-order valence-corrected chi connectivity index (χ4v) is 1.35. The van der Waals surface area contributed by atoms with Crippen LogP contribution in [0.4, 0.5) is 11.5 Å². The molecule has 0 aromatic carbocycles. The maximum atomic E-state index is 11.2. The number of nitrogens with one attached hydrogen (secondary N) is 1. The first-order chi connectivity index (χ1) is 8.52. The molecule has 0 aliphatic heterocycles. The van der Waals surface area contributed by atoms with Crippen molar-refractivity contribution in [1.29, 1.82) is 0 Å². The van der Waals surface area contributed by atoms with E-state index in [1.807, 2.05) is 0 Å². The smallest absolute Gasteiger partial charge is 0.307 e. The summed E-state index contributed by atoms with van der Waals surface area (Å²) in [5, 5.41) is 13.4. The maximum Gasteiger partial charge on any atom is 0.307 e. The number of nitro groups is 1. The minimum atomic E-state index is -0.515. The molecule has 1 unspecified atom stereocenters. The molecule has 0 spiro atoms. The van der Waals surface area contributed by atoms with Crippen molar-refractivity contribution in [1.82, 2.24) is 4.98 Å². The van der Waals surface area contributed by atoms with Crippen LogP contribution in [0, 0.1) is 10.1 Å². The van der Waals surface area contributed by atoms with Crippen LogP contribution >= 0.6 is 0 Å². The van der Waals surface area contributed by atoms with Gasteiger partial charge in [-0.1, -0.05) is 0 Å². The number of carbonyl (C=O) groups is 1. The van der Waals surface area contributed by atoms with E-state index in [9.17, 15) is 14.9 Å². The molecule has 1 aromatic heterocycles. The quantitative estimate of drug-likeness (QED) is 0.471. The van der Waals surface area contributed by atoms with Crippen LogP contribution in [0.3, 0.4) is 0 Å². The van der Waals surface area contributed by atoms with Crippen LogP contribution in [0.1, 0.15) is 20.3 Å². The fourth-order valence-electron chi connectivity index (χ4n) is 1.35. The largest absolute Gasteiger partial charge is 0.466 e. The van der Waals surface area contributed by atoms with Gasteiger partial charge in [0.1, 0.15) is 12.0 Å². The molecule has 7 heteroatoms. The Morgan fingerprint density at radius 3 is 2.83 bits per heavy atom. The highest BCUT2D eigenvalue weighted by Gasteiger charge is 2.11. The standard InChI is InChI=1S/C11H15N3O4/c1-3-18-11(15)6-8(2)13-10-5-4-9(7-12-10)14(16)17/h4-5,7-8H,3,6H2,1-2H3,(H,12,13). The van der Waals surface area contributed by atoms with Crippen LogP contribution in [-0.2, 0) is 9.53 Å². The lowest BCUT2D eigenvalue weighted by Crippen LogP contribution is -2.21. The average Bonchev–Trinajstić information content (AvgIpc) is 2.29. The van der Waals surface area contributed by atoms with E-state index in [0.717, 1.165) is 0 Å². The summed E-state index contributed by atoms with van der Waals surface area (Å²) in [6, 6.07) is 2.70. The number of nitrogens with zero attached hydrogens (tertiary/aromatic N) is 2. The number of hydrogen-bond acceptors (Lipinski definition) is 6. The molecular formula is C11H15N3O4. The van der Waals surface area contributed by atoms with E-state index in [0.29, 0.717) is 12.4 Å². The molecular weight excluding hydrogens is 238 g/mol. The molecule has 0 bridgehead atoms. The van der Waals surface area contributed by atoms with Gasteiger partial charge in [0.25, 0.3) is 5.69 Å². The predicted molar refractivity (Wildman–Crippen MR) is 65.2 cm³/mol. The number of pyridine rings is 1. The van der Waals surface area contributed by atoms with Crippen molar-refractivity contribution >= 4 is 17.5 Å². The van der Waals surface area contributed by atoms with E-state index in [1.165, 1.54) is 18.3 Å². The van der Waals surface area contributed by atoms with E-state index in [2.05, 4.69) is 10.3 Å². The second kappa shape index (κ2) is 6.53. The van der Waals surface area contributed by atoms with Crippen LogP contribution in [0.25, 0.3) is 0 Å². The number of aromatic nitrogens is 1. The number of anilines is 1. The van der Waals surface area contributed by atoms with Gasteiger partial charge in [-0.25, -0.2) is 4.98 Å². The molecule has 7 nitrogen and oxygen atoms in total. The van der Waals surface area contributed by atoms with Gasteiger partial charge in [0.2, 0.25) is 0 Å². The van der Waals surface area contributed by atoms with Crippen LogP contribution in [0.5, 0.6) is 0 Å². The zero-order valence-electron chi connectivity index (χ0n) is 10.3. The third-order valence-electron chi connectivity index (χ3n) is 2.13. The SMILES string of the molecule is CCOC(=O)CC(C)Nc1ccc([N+](=O)[O-])cn1. The monoisotopic (exact) mass is 253 g/mol. The lowest BCUT2D eigenvalue weighted by molar-refractivity contribution is -0.385. The van der Waals surface area contributed by atoms with Crippen molar-refractivity contribution < 1.29 is 14.5 Å². The molecule has 1 N–H and O–H groups in total. The Labute approximate surface area is 104 Å². The number of ether oxygens (including phenoxy) is 1. The lowest BCUT2D eigenvalue weighted by Gasteiger charge is -2.13. The summed E-state index contributed by atoms with van der Waals surface area (Å²) in [6.45, 7) is 3.90. The first kappa shape index (κ1) is 13.9. The Morgan fingerprint density at radius 1 is 1.61 bits per heavy atom. The third kappa shape index (κ3) is 4.36. The number of rotatable bonds is 6. The fraction of sp³-hybridized carbons (Fsp3) is 0.455. The van der Waals surface area contributed by atoms with Gasteiger partial charge in [0.05, 0.1) is 18.0 Å². The van der Waals surface area contributed by atoms with E-state index in [1.54, 1.807) is 13.8 Å². The molecule has 98 valence electrons. The Morgan fingerprint density at radius 2 is 2.33 bits per heavy atom. The van der Waals surface area contributed by atoms with Gasteiger partial charge in [-0.15, -0.1) is 0 Å². The molecule has 0 aliphatic rings. The molecule has 1 aromatic rings. The van der Waals surface area contributed by atoms with Crippen LogP contribution in [-0.4, -0.2) is 28.5 Å². The Hall–Kier alpha value is -2.18.